The van der Waals surface area contributed by atoms with E-state index in [0.717, 1.165) is 10.0 Å². The number of methoxy groups -OCH3 is 2. The zero-order valence-corrected chi connectivity index (χ0v) is 15.7. The molecule has 0 radical (unpaired) electrons. The predicted octanol–water partition coefficient (Wildman–Crippen LogP) is 2.48. The number of benzene rings is 2. The Morgan fingerprint density at radius 3 is 2.65 bits per heavy atom. The number of hydrogen-bond donors (Lipinski definition) is 2. The summed E-state index contributed by atoms with van der Waals surface area (Å²) in [5.41, 5.74) is 4.63. The van der Waals surface area contributed by atoms with E-state index in [2.05, 4.69) is 31.8 Å². The number of amides is 2. The minimum atomic E-state index is -0.357. The molecule has 0 atom stereocenters. The molecule has 26 heavy (non-hydrogen) atoms. The van der Waals surface area contributed by atoms with Crippen LogP contribution in [0.25, 0.3) is 0 Å². The van der Waals surface area contributed by atoms with Gasteiger partial charge in [0.05, 0.1) is 26.3 Å². The lowest BCUT2D eigenvalue weighted by atomic mass is 10.1. The highest BCUT2D eigenvalue weighted by Crippen LogP contribution is 2.28. The third-order valence-corrected chi connectivity index (χ3v) is 4.30. The monoisotopic (exact) mass is 417 g/mol. The Kier molecular flexibility index (Phi) is 5.22. The maximum atomic E-state index is 12.2. The number of nitrogens with one attached hydrogen (secondary N) is 2. The van der Waals surface area contributed by atoms with E-state index in [4.69, 9.17) is 9.47 Å². The van der Waals surface area contributed by atoms with Crippen molar-refractivity contribution in [1.82, 2.24) is 5.43 Å². The maximum Gasteiger partial charge on any atom is 0.276 e. The Labute approximate surface area is 158 Å². The molecule has 0 aliphatic carbocycles. The molecule has 134 valence electrons. The number of hydrazone groups is 1. The molecule has 0 aromatic heterocycles. The van der Waals surface area contributed by atoms with Crippen molar-refractivity contribution in [3.63, 3.8) is 0 Å². The van der Waals surface area contributed by atoms with Gasteiger partial charge in [-0.1, -0.05) is 22.0 Å². The van der Waals surface area contributed by atoms with Crippen molar-refractivity contribution in [2.45, 2.75) is 6.42 Å². The Bertz CT molecular complexity index is 911. The highest BCUT2D eigenvalue weighted by atomic mass is 79.9. The molecule has 3 rings (SSSR count). The molecule has 0 saturated carbocycles. The first kappa shape index (κ1) is 17.9. The maximum absolute atomic E-state index is 12.2. The molecule has 0 unspecified atom stereocenters. The van der Waals surface area contributed by atoms with Crippen LogP contribution in [0.4, 0.5) is 5.69 Å². The van der Waals surface area contributed by atoms with Crippen molar-refractivity contribution in [2.75, 3.05) is 19.5 Å². The smallest absolute Gasteiger partial charge is 0.276 e. The van der Waals surface area contributed by atoms with Gasteiger partial charge >= 0.3 is 0 Å². The van der Waals surface area contributed by atoms with Gasteiger partial charge in [-0.15, -0.1) is 0 Å². The first-order chi connectivity index (χ1) is 12.5. The lowest BCUT2D eigenvalue weighted by Gasteiger charge is -2.09. The van der Waals surface area contributed by atoms with Gasteiger partial charge in [0.2, 0.25) is 5.91 Å². The number of rotatable bonds is 5. The third-order valence-electron chi connectivity index (χ3n) is 3.81. The molecular weight excluding hydrogens is 402 g/mol. The Morgan fingerprint density at radius 2 is 1.92 bits per heavy atom. The van der Waals surface area contributed by atoms with Gasteiger partial charge in [-0.3, -0.25) is 9.59 Å². The number of carbonyl (C=O) groups is 2. The van der Waals surface area contributed by atoms with Gasteiger partial charge in [-0.05, 0) is 35.9 Å². The van der Waals surface area contributed by atoms with Crippen molar-refractivity contribution in [2.24, 2.45) is 5.10 Å². The number of ether oxygens (including phenoxy) is 2. The number of carbonyl (C=O) groups excluding carboxylic acids is 2. The molecule has 8 heteroatoms. The van der Waals surface area contributed by atoms with Gasteiger partial charge in [0.25, 0.3) is 5.91 Å². The molecule has 0 bridgehead atoms. The zero-order valence-electron chi connectivity index (χ0n) is 14.1. The number of fused-ring (bicyclic) bond motifs is 1. The molecule has 2 aromatic carbocycles. The molecule has 0 saturated heterocycles. The SMILES string of the molecule is COc1ccc(CC(=O)N/N=C2\C(=O)Nc3ccc(Br)cc32)cc1OC. The second-order valence-corrected chi connectivity index (χ2v) is 6.42. The second kappa shape index (κ2) is 7.57. The van der Waals surface area contributed by atoms with Crippen LogP contribution < -0.4 is 20.2 Å². The van der Waals surface area contributed by atoms with Crippen molar-refractivity contribution < 1.29 is 19.1 Å². The molecule has 1 heterocycles. The molecule has 2 N–H and O–H groups in total. The highest BCUT2D eigenvalue weighted by molar-refractivity contribution is 9.10. The first-order valence-electron chi connectivity index (χ1n) is 7.70. The molecule has 2 amide bonds. The molecule has 7 nitrogen and oxygen atoms in total. The minimum absolute atomic E-state index is 0.0874. The Hall–Kier alpha value is -2.87. The molecule has 0 fully saturated rings. The van der Waals surface area contributed by atoms with E-state index in [1.54, 1.807) is 37.4 Å². The van der Waals surface area contributed by atoms with Crippen LogP contribution in [0, 0.1) is 0 Å². The quantitative estimate of drug-likeness (QED) is 0.731. The topological polar surface area (TPSA) is 89.0 Å². The number of halogens is 1. The fourth-order valence-corrected chi connectivity index (χ4v) is 2.93. The van der Waals surface area contributed by atoms with Crippen molar-refractivity contribution in [3.8, 4) is 11.5 Å². The molecule has 1 aliphatic rings. The summed E-state index contributed by atoms with van der Waals surface area (Å²) in [4.78, 5) is 24.2. The zero-order chi connectivity index (χ0) is 18.7. The number of nitrogens with zero attached hydrogens (tertiary/aromatic N) is 1. The van der Waals surface area contributed by atoms with E-state index < -0.39 is 0 Å². The lowest BCUT2D eigenvalue weighted by Crippen LogP contribution is -2.24. The summed E-state index contributed by atoms with van der Waals surface area (Å²) < 4.78 is 11.2. The van der Waals surface area contributed by atoms with Gasteiger partial charge in [0, 0.05) is 10.0 Å². The molecular formula is C18H16BrN3O4. The average molecular weight is 418 g/mol. The predicted molar refractivity (Wildman–Crippen MR) is 101 cm³/mol. The van der Waals surface area contributed by atoms with E-state index in [1.807, 2.05) is 6.07 Å². The van der Waals surface area contributed by atoms with Crippen LogP contribution in [0.3, 0.4) is 0 Å². The van der Waals surface area contributed by atoms with Crippen LogP contribution in [0.15, 0.2) is 46.0 Å². The summed E-state index contributed by atoms with van der Waals surface area (Å²) in [6.07, 6.45) is 0.0874. The highest BCUT2D eigenvalue weighted by Gasteiger charge is 2.26. The molecule has 0 spiro atoms. The van der Waals surface area contributed by atoms with E-state index in [0.29, 0.717) is 22.7 Å². The van der Waals surface area contributed by atoms with E-state index in [9.17, 15) is 9.59 Å². The fraction of sp³-hybridized carbons (Fsp3) is 0.167. The van der Waals surface area contributed by atoms with E-state index in [1.165, 1.54) is 7.11 Å². The third kappa shape index (κ3) is 3.70. The largest absolute Gasteiger partial charge is 0.493 e. The van der Waals surface area contributed by atoms with E-state index in [-0.39, 0.29) is 23.9 Å². The van der Waals surface area contributed by atoms with Gasteiger partial charge in [-0.2, -0.15) is 5.10 Å². The van der Waals surface area contributed by atoms with E-state index >= 15 is 0 Å². The number of anilines is 1. The fourth-order valence-electron chi connectivity index (χ4n) is 2.57. The second-order valence-electron chi connectivity index (χ2n) is 5.51. The first-order valence-corrected chi connectivity index (χ1v) is 8.50. The summed E-state index contributed by atoms with van der Waals surface area (Å²) in [6, 6.07) is 10.6. The lowest BCUT2D eigenvalue weighted by molar-refractivity contribution is -0.120. The summed E-state index contributed by atoms with van der Waals surface area (Å²) >= 11 is 3.36. The van der Waals surface area contributed by atoms with Crippen LogP contribution in [0.1, 0.15) is 11.1 Å². The summed E-state index contributed by atoms with van der Waals surface area (Å²) in [5.74, 6) is 0.422. The standard InChI is InChI=1S/C18H16BrN3O4/c1-25-14-6-3-10(7-15(14)26-2)8-16(23)21-22-17-12-9-11(19)4-5-13(12)20-18(17)24/h3-7,9H,8H2,1-2H3,(H,21,23)(H,20,22,24). The molecule has 2 aromatic rings. The summed E-state index contributed by atoms with van der Waals surface area (Å²) in [6.45, 7) is 0. The molecule has 1 aliphatic heterocycles. The minimum Gasteiger partial charge on any atom is -0.493 e. The summed E-state index contributed by atoms with van der Waals surface area (Å²) in [5, 5.41) is 6.69. The Morgan fingerprint density at radius 1 is 1.15 bits per heavy atom. The van der Waals surface area contributed by atoms with Crippen LogP contribution in [-0.2, 0) is 16.0 Å². The Balaban J connectivity index is 1.73. The van der Waals surface area contributed by atoms with Gasteiger partial charge in [0.15, 0.2) is 17.2 Å². The summed E-state index contributed by atoms with van der Waals surface area (Å²) in [7, 11) is 3.07. The van der Waals surface area contributed by atoms with Gasteiger partial charge < -0.3 is 14.8 Å². The van der Waals surface area contributed by atoms with Crippen molar-refractivity contribution >= 4 is 39.1 Å². The average Bonchev–Trinajstić information content (AvgIpc) is 2.94. The van der Waals surface area contributed by atoms with Crippen molar-refractivity contribution in [1.29, 1.82) is 0 Å². The van der Waals surface area contributed by atoms with Crippen LogP contribution in [-0.4, -0.2) is 31.7 Å². The normalized spacial score (nSPS) is 14.0. The van der Waals surface area contributed by atoms with Crippen LogP contribution >= 0.6 is 15.9 Å². The van der Waals surface area contributed by atoms with Gasteiger partial charge in [0.1, 0.15) is 0 Å². The number of hydrogen-bond acceptors (Lipinski definition) is 5. The van der Waals surface area contributed by atoms with Crippen molar-refractivity contribution in [3.05, 3.63) is 52.0 Å². The van der Waals surface area contributed by atoms with Gasteiger partial charge in [-0.25, -0.2) is 5.43 Å². The van der Waals surface area contributed by atoms with Crippen LogP contribution in [0.2, 0.25) is 0 Å². The van der Waals surface area contributed by atoms with Crippen LogP contribution in [0.5, 0.6) is 11.5 Å².